The van der Waals surface area contributed by atoms with Gasteiger partial charge in [0.05, 0.1) is 12.6 Å². The number of ether oxygens (including phenoxy) is 2. The third-order valence-electron chi connectivity index (χ3n) is 3.89. The molecule has 2 rings (SSSR count). The Kier molecular flexibility index (Phi) is 7.69. The van der Waals surface area contributed by atoms with Gasteiger partial charge in [0.1, 0.15) is 5.75 Å². The van der Waals surface area contributed by atoms with Crippen LogP contribution in [-0.2, 0) is 17.9 Å². The molecule has 2 aromatic rings. The Morgan fingerprint density at radius 2 is 1.79 bits per heavy atom. The molecule has 0 bridgehead atoms. The molecule has 0 spiro atoms. The molecule has 0 aliphatic carbocycles. The van der Waals surface area contributed by atoms with Gasteiger partial charge in [0, 0.05) is 13.7 Å². The summed E-state index contributed by atoms with van der Waals surface area (Å²) in [7, 11) is 1.62. The molecule has 0 aliphatic rings. The third-order valence-corrected chi connectivity index (χ3v) is 3.89. The van der Waals surface area contributed by atoms with Crippen LogP contribution in [0.5, 0.6) is 5.75 Å². The fourth-order valence-corrected chi connectivity index (χ4v) is 2.53. The molecule has 2 aromatic carbocycles. The lowest BCUT2D eigenvalue weighted by atomic mass is 10.1. The second kappa shape index (κ2) is 9.98. The molecule has 152 valence electrons. The molecule has 0 saturated carbocycles. The van der Waals surface area contributed by atoms with Gasteiger partial charge in [-0.2, -0.15) is 13.2 Å². The molecule has 2 amide bonds. The van der Waals surface area contributed by atoms with Crippen LogP contribution in [0.4, 0.5) is 18.0 Å². The zero-order valence-corrected chi connectivity index (χ0v) is 15.7. The first-order chi connectivity index (χ1) is 13.3. The SMILES string of the molecule is COCc1cccc(CNC(=O)NC(C)c2ccc(OCC(F)(F)F)cc2)c1. The minimum Gasteiger partial charge on any atom is -0.484 e. The Labute approximate surface area is 161 Å². The van der Waals surface area contributed by atoms with Crippen molar-refractivity contribution >= 4 is 6.03 Å². The minimum atomic E-state index is -4.38. The number of amides is 2. The van der Waals surface area contributed by atoms with E-state index in [0.29, 0.717) is 13.2 Å². The van der Waals surface area contributed by atoms with E-state index in [9.17, 15) is 18.0 Å². The normalized spacial score (nSPS) is 12.3. The number of carbonyl (C=O) groups is 1. The molecule has 0 radical (unpaired) electrons. The minimum absolute atomic E-state index is 0.119. The molecule has 8 heteroatoms. The van der Waals surface area contributed by atoms with Gasteiger partial charge in [0.15, 0.2) is 6.61 Å². The number of alkyl halides is 3. The number of benzene rings is 2. The summed E-state index contributed by atoms with van der Waals surface area (Å²) in [6.07, 6.45) is -4.38. The summed E-state index contributed by atoms with van der Waals surface area (Å²) >= 11 is 0. The smallest absolute Gasteiger partial charge is 0.422 e. The van der Waals surface area contributed by atoms with Crippen molar-refractivity contribution in [2.75, 3.05) is 13.7 Å². The molecule has 1 atom stereocenters. The monoisotopic (exact) mass is 396 g/mol. The quantitative estimate of drug-likeness (QED) is 0.698. The van der Waals surface area contributed by atoms with Gasteiger partial charge in [0.25, 0.3) is 0 Å². The number of rotatable bonds is 8. The fourth-order valence-electron chi connectivity index (χ4n) is 2.53. The van der Waals surface area contributed by atoms with Crippen LogP contribution in [0, 0.1) is 0 Å². The van der Waals surface area contributed by atoms with Crippen LogP contribution in [0.15, 0.2) is 48.5 Å². The maximum absolute atomic E-state index is 12.2. The van der Waals surface area contributed by atoms with Gasteiger partial charge in [-0.3, -0.25) is 0 Å². The summed E-state index contributed by atoms with van der Waals surface area (Å²) in [5.41, 5.74) is 2.71. The van der Waals surface area contributed by atoms with Crippen LogP contribution in [0.25, 0.3) is 0 Å². The van der Waals surface area contributed by atoms with Gasteiger partial charge in [-0.15, -0.1) is 0 Å². The van der Waals surface area contributed by atoms with Crippen molar-refractivity contribution in [3.8, 4) is 5.75 Å². The van der Waals surface area contributed by atoms with Crippen LogP contribution in [0.2, 0.25) is 0 Å². The van der Waals surface area contributed by atoms with Crippen LogP contribution in [0.1, 0.15) is 29.7 Å². The standard InChI is InChI=1S/C20H23F3N2O3/c1-14(17-6-8-18(9-7-17)28-13-20(21,22)23)25-19(26)24-11-15-4-3-5-16(10-15)12-27-2/h3-10,14H,11-13H2,1-2H3,(H2,24,25,26). The Morgan fingerprint density at radius 3 is 2.43 bits per heavy atom. The van der Waals surface area contributed by atoms with Crippen molar-refractivity contribution in [3.63, 3.8) is 0 Å². The maximum Gasteiger partial charge on any atom is 0.422 e. The highest BCUT2D eigenvalue weighted by Crippen LogP contribution is 2.21. The first-order valence-electron chi connectivity index (χ1n) is 8.67. The Balaban J connectivity index is 1.82. The second-order valence-electron chi connectivity index (χ2n) is 6.27. The number of urea groups is 1. The zero-order valence-electron chi connectivity index (χ0n) is 15.7. The van der Waals surface area contributed by atoms with E-state index < -0.39 is 12.8 Å². The van der Waals surface area contributed by atoms with E-state index in [1.807, 2.05) is 24.3 Å². The van der Waals surface area contributed by atoms with Gasteiger partial charge >= 0.3 is 12.2 Å². The number of carbonyl (C=O) groups excluding carboxylic acids is 1. The van der Waals surface area contributed by atoms with E-state index in [1.54, 1.807) is 26.2 Å². The van der Waals surface area contributed by atoms with Crippen LogP contribution >= 0.6 is 0 Å². The number of methoxy groups -OCH3 is 1. The highest BCUT2D eigenvalue weighted by atomic mass is 19.4. The lowest BCUT2D eigenvalue weighted by molar-refractivity contribution is -0.153. The molecule has 2 N–H and O–H groups in total. The Bertz CT molecular complexity index is 764. The van der Waals surface area contributed by atoms with Gasteiger partial charge in [-0.25, -0.2) is 4.79 Å². The van der Waals surface area contributed by atoms with E-state index in [4.69, 9.17) is 4.74 Å². The number of halogens is 3. The lowest BCUT2D eigenvalue weighted by Gasteiger charge is -2.16. The summed E-state index contributed by atoms with van der Waals surface area (Å²) in [6, 6.07) is 13.1. The molecule has 5 nitrogen and oxygen atoms in total. The molecular formula is C20H23F3N2O3. The summed E-state index contributed by atoms with van der Waals surface area (Å²) in [5, 5.41) is 5.56. The van der Waals surface area contributed by atoms with Gasteiger partial charge in [-0.1, -0.05) is 36.4 Å². The van der Waals surface area contributed by atoms with E-state index in [-0.39, 0.29) is 17.8 Å². The van der Waals surface area contributed by atoms with Crippen molar-refractivity contribution < 1.29 is 27.4 Å². The fraction of sp³-hybridized carbons (Fsp3) is 0.350. The molecular weight excluding hydrogens is 373 g/mol. The Morgan fingerprint density at radius 1 is 1.11 bits per heavy atom. The number of hydrogen-bond donors (Lipinski definition) is 2. The number of nitrogens with one attached hydrogen (secondary N) is 2. The van der Waals surface area contributed by atoms with Crippen molar-refractivity contribution in [2.24, 2.45) is 0 Å². The molecule has 0 saturated heterocycles. The molecule has 28 heavy (non-hydrogen) atoms. The van der Waals surface area contributed by atoms with Crippen LogP contribution < -0.4 is 15.4 Å². The number of hydrogen-bond acceptors (Lipinski definition) is 3. The molecule has 0 aliphatic heterocycles. The lowest BCUT2D eigenvalue weighted by Crippen LogP contribution is -2.36. The second-order valence-corrected chi connectivity index (χ2v) is 6.27. The van der Waals surface area contributed by atoms with Gasteiger partial charge < -0.3 is 20.1 Å². The summed E-state index contributed by atoms with van der Waals surface area (Å²) in [4.78, 5) is 12.1. The summed E-state index contributed by atoms with van der Waals surface area (Å²) in [5.74, 6) is 0.119. The van der Waals surface area contributed by atoms with E-state index >= 15 is 0 Å². The molecule has 0 heterocycles. The largest absolute Gasteiger partial charge is 0.484 e. The maximum atomic E-state index is 12.2. The first kappa shape index (κ1) is 21.6. The predicted octanol–water partition coefficient (Wildman–Crippen LogP) is 4.33. The van der Waals surface area contributed by atoms with E-state index in [2.05, 4.69) is 15.4 Å². The Hall–Kier alpha value is -2.74. The van der Waals surface area contributed by atoms with Crippen LogP contribution in [-0.4, -0.2) is 25.9 Å². The predicted molar refractivity (Wildman–Crippen MR) is 98.9 cm³/mol. The van der Waals surface area contributed by atoms with Crippen molar-refractivity contribution in [1.82, 2.24) is 10.6 Å². The summed E-state index contributed by atoms with van der Waals surface area (Å²) < 4.78 is 46.2. The van der Waals surface area contributed by atoms with Crippen molar-refractivity contribution in [3.05, 3.63) is 65.2 Å². The molecule has 0 fully saturated rings. The van der Waals surface area contributed by atoms with E-state index in [1.165, 1.54) is 12.1 Å². The first-order valence-corrected chi connectivity index (χ1v) is 8.67. The highest BCUT2D eigenvalue weighted by molar-refractivity contribution is 5.74. The molecule has 1 unspecified atom stereocenters. The van der Waals surface area contributed by atoms with Crippen molar-refractivity contribution in [1.29, 1.82) is 0 Å². The zero-order chi connectivity index (χ0) is 20.6. The average Bonchev–Trinajstić information content (AvgIpc) is 2.65. The van der Waals surface area contributed by atoms with Gasteiger partial charge in [0.2, 0.25) is 0 Å². The van der Waals surface area contributed by atoms with Crippen LogP contribution in [0.3, 0.4) is 0 Å². The van der Waals surface area contributed by atoms with E-state index in [0.717, 1.165) is 16.7 Å². The molecule has 0 aromatic heterocycles. The van der Waals surface area contributed by atoms with Crippen molar-refractivity contribution in [2.45, 2.75) is 32.3 Å². The topological polar surface area (TPSA) is 59.6 Å². The third kappa shape index (κ3) is 7.48. The average molecular weight is 396 g/mol. The highest BCUT2D eigenvalue weighted by Gasteiger charge is 2.28. The van der Waals surface area contributed by atoms with Gasteiger partial charge in [-0.05, 0) is 35.7 Å². The summed E-state index contributed by atoms with van der Waals surface area (Å²) in [6.45, 7) is 1.30.